The Hall–Kier alpha value is -2.83. The highest BCUT2D eigenvalue weighted by Gasteiger charge is 2.09. The van der Waals surface area contributed by atoms with E-state index in [-0.39, 0.29) is 17.2 Å². The molecule has 7 heteroatoms. The van der Waals surface area contributed by atoms with Crippen molar-refractivity contribution in [2.45, 2.75) is 19.9 Å². The van der Waals surface area contributed by atoms with Gasteiger partial charge in [0.25, 0.3) is 5.56 Å². The molecule has 3 aromatic rings. The first-order chi connectivity index (χ1) is 11.1. The third kappa shape index (κ3) is 3.03. The second-order valence-corrected chi connectivity index (χ2v) is 5.04. The van der Waals surface area contributed by atoms with Crippen LogP contribution in [0.15, 0.2) is 41.3 Å². The number of hydrogen-bond acceptors (Lipinski definition) is 4. The van der Waals surface area contributed by atoms with Crippen molar-refractivity contribution in [1.82, 2.24) is 14.5 Å². The Balaban J connectivity index is 2.05. The summed E-state index contributed by atoms with van der Waals surface area (Å²) in [6.07, 6.45) is 2.33. The molecule has 2 heterocycles. The predicted molar refractivity (Wildman–Crippen MR) is 83.7 cm³/mol. The van der Waals surface area contributed by atoms with Crippen LogP contribution in [0, 0.1) is 11.6 Å². The highest BCUT2D eigenvalue weighted by atomic mass is 19.1. The maximum atomic E-state index is 13.7. The van der Waals surface area contributed by atoms with Crippen molar-refractivity contribution in [3.63, 3.8) is 0 Å². The molecule has 0 atom stereocenters. The summed E-state index contributed by atoms with van der Waals surface area (Å²) in [5, 5.41) is 3.41. The van der Waals surface area contributed by atoms with Crippen LogP contribution in [0.2, 0.25) is 0 Å². The van der Waals surface area contributed by atoms with Crippen LogP contribution in [0.1, 0.15) is 13.3 Å². The summed E-state index contributed by atoms with van der Waals surface area (Å²) >= 11 is 0. The zero-order valence-corrected chi connectivity index (χ0v) is 12.4. The number of nitrogens with zero attached hydrogens (tertiary/aromatic N) is 3. The molecule has 0 amide bonds. The minimum atomic E-state index is -0.743. The molecule has 0 fully saturated rings. The first-order valence-corrected chi connectivity index (χ1v) is 7.17. The molecule has 2 aromatic heterocycles. The van der Waals surface area contributed by atoms with Crippen LogP contribution in [0.3, 0.4) is 0 Å². The highest BCUT2D eigenvalue weighted by molar-refractivity contribution is 5.75. The lowest BCUT2D eigenvalue weighted by atomic mass is 10.3. The molecular weight excluding hydrogens is 302 g/mol. The van der Waals surface area contributed by atoms with Crippen LogP contribution in [0.4, 0.5) is 20.4 Å². The predicted octanol–water partition coefficient (Wildman–Crippen LogP) is 3.22. The highest BCUT2D eigenvalue weighted by Crippen LogP contribution is 2.19. The van der Waals surface area contributed by atoms with Crippen LogP contribution in [0.5, 0.6) is 0 Å². The van der Waals surface area contributed by atoms with Crippen LogP contribution in [-0.4, -0.2) is 14.5 Å². The number of aryl methyl sites for hydroxylation is 1. The minimum Gasteiger partial charge on any atom is -0.322 e. The third-order valence-electron chi connectivity index (χ3n) is 3.35. The van der Waals surface area contributed by atoms with E-state index in [1.54, 1.807) is 16.8 Å². The van der Waals surface area contributed by atoms with Gasteiger partial charge in [-0.2, -0.15) is 4.98 Å². The van der Waals surface area contributed by atoms with E-state index in [1.165, 1.54) is 12.1 Å². The zero-order valence-electron chi connectivity index (χ0n) is 12.4. The SMILES string of the molecule is CCCn1c(=O)ccc2cnc(Nc3ccc(F)cc3F)nc21. The van der Waals surface area contributed by atoms with Crippen LogP contribution >= 0.6 is 0 Å². The molecule has 0 unspecified atom stereocenters. The van der Waals surface area contributed by atoms with Crippen molar-refractivity contribution in [3.8, 4) is 0 Å². The summed E-state index contributed by atoms with van der Waals surface area (Å²) in [5.41, 5.74) is 0.377. The lowest BCUT2D eigenvalue weighted by Crippen LogP contribution is -2.20. The lowest BCUT2D eigenvalue weighted by Gasteiger charge is -2.10. The molecule has 0 radical (unpaired) electrons. The molecule has 0 saturated carbocycles. The molecular formula is C16H14F2N4O. The number of benzene rings is 1. The van der Waals surface area contributed by atoms with Crippen molar-refractivity contribution < 1.29 is 8.78 Å². The number of hydrogen-bond donors (Lipinski definition) is 1. The summed E-state index contributed by atoms with van der Waals surface area (Å²) in [6.45, 7) is 2.48. The van der Waals surface area contributed by atoms with Gasteiger partial charge < -0.3 is 5.32 Å². The van der Waals surface area contributed by atoms with Crippen LogP contribution < -0.4 is 10.9 Å². The van der Waals surface area contributed by atoms with E-state index in [1.807, 2.05) is 6.92 Å². The van der Waals surface area contributed by atoms with E-state index in [0.29, 0.717) is 17.6 Å². The van der Waals surface area contributed by atoms with E-state index in [0.717, 1.165) is 18.6 Å². The van der Waals surface area contributed by atoms with Gasteiger partial charge in [0.1, 0.15) is 17.3 Å². The van der Waals surface area contributed by atoms with Gasteiger partial charge in [0.2, 0.25) is 5.95 Å². The molecule has 0 spiro atoms. The number of anilines is 2. The second-order valence-electron chi connectivity index (χ2n) is 5.04. The second kappa shape index (κ2) is 6.12. The van der Waals surface area contributed by atoms with Crippen LogP contribution in [0.25, 0.3) is 11.0 Å². The number of fused-ring (bicyclic) bond motifs is 1. The van der Waals surface area contributed by atoms with Gasteiger partial charge in [-0.3, -0.25) is 9.36 Å². The maximum absolute atomic E-state index is 13.7. The molecule has 0 aliphatic heterocycles. The largest absolute Gasteiger partial charge is 0.322 e. The quantitative estimate of drug-likeness (QED) is 0.803. The fourth-order valence-electron chi connectivity index (χ4n) is 2.28. The minimum absolute atomic E-state index is 0.0612. The van der Waals surface area contributed by atoms with Crippen molar-refractivity contribution in [1.29, 1.82) is 0 Å². The van der Waals surface area contributed by atoms with E-state index in [2.05, 4.69) is 15.3 Å². The average Bonchev–Trinajstić information content (AvgIpc) is 2.53. The summed E-state index contributed by atoms with van der Waals surface area (Å²) in [4.78, 5) is 20.4. The monoisotopic (exact) mass is 316 g/mol. The van der Waals surface area contributed by atoms with Crippen molar-refractivity contribution in [2.75, 3.05) is 5.32 Å². The summed E-state index contributed by atoms with van der Waals surface area (Å²) in [7, 11) is 0. The first kappa shape index (κ1) is 15.1. The third-order valence-corrected chi connectivity index (χ3v) is 3.35. The Kier molecular flexibility index (Phi) is 4.01. The number of aromatic nitrogens is 3. The van der Waals surface area contributed by atoms with E-state index in [9.17, 15) is 13.6 Å². The van der Waals surface area contributed by atoms with Gasteiger partial charge in [0.15, 0.2) is 0 Å². The van der Waals surface area contributed by atoms with Crippen molar-refractivity contribution in [2.24, 2.45) is 0 Å². The molecule has 0 aliphatic rings. The summed E-state index contributed by atoms with van der Waals surface area (Å²) < 4.78 is 28.2. The number of pyridine rings is 1. The molecule has 3 rings (SSSR count). The average molecular weight is 316 g/mol. The van der Waals surface area contributed by atoms with Gasteiger partial charge in [0, 0.05) is 30.3 Å². The van der Waals surface area contributed by atoms with Crippen molar-refractivity contribution >= 4 is 22.7 Å². The standard InChI is InChI=1S/C16H14F2N4O/c1-2-7-22-14(23)6-3-10-9-19-16(21-15(10)22)20-13-5-4-11(17)8-12(13)18/h3-6,8-9H,2,7H2,1H3,(H,19,20,21). The molecule has 0 saturated heterocycles. The zero-order chi connectivity index (χ0) is 16.4. The van der Waals surface area contributed by atoms with E-state index in [4.69, 9.17) is 0 Å². The van der Waals surface area contributed by atoms with Crippen molar-refractivity contribution in [3.05, 3.63) is 58.5 Å². The number of nitrogens with one attached hydrogen (secondary N) is 1. The van der Waals surface area contributed by atoms with Gasteiger partial charge >= 0.3 is 0 Å². The Morgan fingerprint density at radius 2 is 2.04 bits per heavy atom. The normalized spacial score (nSPS) is 10.9. The molecule has 1 aromatic carbocycles. The number of rotatable bonds is 4. The van der Waals surface area contributed by atoms with Gasteiger partial charge in [-0.25, -0.2) is 13.8 Å². The van der Waals surface area contributed by atoms with Gasteiger partial charge in [-0.1, -0.05) is 6.92 Å². The van der Waals surface area contributed by atoms with E-state index >= 15 is 0 Å². The summed E-state index contributed by atoms with van der Waals surface area (Å²) in [5.74, 6) is -1.27. The summed E-state index contributed by atoms with van der Waals surface area (Å²) in [6, 6.07) is 6.29. The molecule has 1 N–H and O–H groups in total. The van der Waals surface area contributed by atoms with Gasteiger partial charge in [-0.05, 0) is 24.6 Å². The Labute approximate surface area is 130 Å². The van der Waals surface area contributed by atoms with Crippen LogP contribution in [-0.2, 0) is 6.54 Å². The first-order valence-electron chi connectivity index (χ1n) is 7.17. The lowest BCUT2D eigenvalue weighted by molar-refractivity contribution is 0.586. The van der Waals surface area contributed by atoms with Gasteiger partial charge in [0.05, 0.1) is 5.69 Å². The smallest absolute Gasteiger partial charge is 0.252 e. The molecule has 23 heavy (non-hydrogen) atoms. The molecule has 0 bridgehead atoms. The van der Waals surface area contributed by atoms with Gasteiger partial charge in [-0.15, -0.1) is 0 Å². The topological polar surface area (TPSA) is 59.8 Å². The fourth-order valence-corrected chi connectivity index (χ4v) is 2.28. The fraction of sp³-hybridized carbons (Fsp3) is 0.188. The Morgan fingerprint density at radius 3 is 2.78 bits per heavy atom. The molecule has 118 valence electrons. The van der Waals surface area contributed by atoms with E-state index < -0.39 is 11.6 Å². The molecule has 5 nitrogen and oxygen atoms in total. The Morgan fingerprint density at radius 1 is 1.22 bits per heavy atom. The Bertz CT molecular complexity index is 924. The number of halogens is 2. The maximum Gasteiger partial charge on any atom is 0.252 e. The molecule has 0 aliphatic carbocycles.